The van der Waals surface area contributed by atoms with E-state index in [1.165, 1.54) is 0 Å². The van der Waals surface area contributed by atoms with Gasteiger partial charge in [-0.3, -0.25) is 9.20 Å². The highest BCUT2D eigenvalue weighted by atomic mass is 32.2. The second-order valence-corrected chi connectivity index (χ2v) is 6.60. The molecule has 0 bridgehead atoms. The second kappa shape index (κ2) is 5.75. The van der Waals surface area contributed by atoms with Gasteiger partial charge in [-0.1, -0.05) is 6.07 Å². The molecule has 1 N–H and O–H groups in total. The van der Waals surface area contributed by atoms with E-state index in [1.54, 1.807) is 16.7 Å². The van der Waals surface area contributed by atoms with Gasteiger partial charge in [0, 0.05) is 30.1 Å². The SMILES string of the molecule is CSC(C)(C)CNCc1cc(=O)n2ccccc2n1. The third kappa shape index (κ3) is 3.58. The van der Waals surface area contributed by atoms with E-state index < -0.39 is 0 Å². The molecule has 0 saturated carbocycles. The van der Waals surface area contributed by atoms with Crippen LogP contribution in [0.4, 0.5) is 0 Å². The lowest BCUT2D eigenvalue weighted by molar-refractivity contribution is 0.585. The maximum absolute atomic E-state index is 11.9. The van der Waals surface area contributed by atoms with Crippen LogP contribution in [0.15, 0.2) is 35.3 Å². The molecule has 2 heterocycles. The molecule has 0 aliphatic heterocycles. The smallest absolute Gasteiger partial charge is 0.258 e. The van der Waals surface area contributed by atoms with Crippen molar-refractivity contribution in [1.29, 1.82) is 0 Å². The maximum atomic E-state index is 11.9. The van der Waals surface area contributed by atoms with Crippen LogP contribution in [0.3, 0.4) is 0 Å². The molecule has 102 valence electrons. The Hall–Kier alpha value is -1.33. The fourth-order valence-corrected chi connectivity index (χ4v) is 2.00. The molecular formula is C14H19N3OS. The summed E-state index contributed by atoms with van der Waals surface area (Å²) < 4.78 is 1.74. The number of hydrogen-bond donors (Lipinski definition) is 1. The number of thioether (sulfide) groups is 1. The topological polar surface area (TPSA) is 46.4 Å². The van der Waals surface area contributed by atoms with Crippen molar-refractivity contribution in [2.75, 3.05) is 12.8 Å². The van der Waals surface area contributed by atoms with Crippen molar-refractivity contribution in [2.24, 2.45) is 0 Å². The molecule has 2 aromatic rings. The van der Waals surface area contributed by atoms with Gasteiger partial charge in [0.1, 0.15) is 5.65 Å². The zero-order valence-corrected chi connectivity index (χ0v) is 12.3. The molecule has 0 radical (unpaired) electrons. The van der Waals surface area contributed by atoms with Crippen LogP contribution in [0, 0.1) is 0 Å². The van der Waals surface area contributed by atoms with E-state index in [1.807, 2.05) is 30.0 Å². The fraction of sp³-hybridized carbons (Fsp3) is 0.429. The van der Waals surface area contributed by atoms with Gasteiger partial charge in [-0.15, -0.1) is 0 Å². The number of fused-ring (bicyclic) bond motifs is 1. The fourth-order valence-electron chi connectivity index (χ4n) is 1.76. The van der Waals surface area contributed by atoms with E-state index >= 15 is 0 Å². The van der Waals surface area contributed by atoms with Crippen molar-refractivity contribution in [3.63, 3.8) is 0 Å². The zero-order valence-electron chi connectivity index (χ0n) is 11.5. The van der Waals surface area contributed by atoms with Crippen LogP contribution < -0.4 is 10.9 Å². The predicted molar refractivity (Wildman–Crippen MR) is 80.8 cm³/mol. The minimum Gasteiger partial charge on any atom is -0.310 e. The molecule has 4 nitrogen and oxygen atoms in total. The van der Waals surface area contributed by atoms with Crippen molar-refractivity contribution in [3.05, 3.63) is 46.5 Å². The lowest BCUT2D eigenvalue weighted by atomic mass is 10.2. The summed E-state index contributed by atoms with van der Waals surface area (Å²) in [5.74, 6) is 0. The third-order valence-electron chi connectivity index (χ3n) is 3.03. The molecule has 0 aromatic carbocycles. The van der Waals surface area contributed by atoms with Crippen LogP contribution in [0.25, 0.3) is 5.65 Å². The number of rotatable bonds is 5. The Morgan fingerprint density at radius 3 is 2.95 bits per heavy atom. The van der Waals surface area contributed by atoms with Gasteiger partial charge in [0.05, 0.1) is 5.69 Å². The summed E-state index contributed by atoms with van der Waals surface area (Å²) in [6, 6.07) is 7.15. The summed E-state index contributed by atoms with van der Waals surface area (Å²) in [7, 11) is 0. The molecule has 0 atom stereocenters. The molecule has 19 heavy (non-hydrogen) atoms. The molecule has 0 unspecified atom stereocenters. The molecule has 5 heteroatoms. The lowest BCUT2D eigenvalue weighted by Crippen LogP contribution is -2.32. The highest BCUT2D eigenvalue weighted by Gasteiger charge is 2.14. The molecule has 0 aliphatic carbocycles. The summed E-state index contributed by atoms with van der Waals surface area (Å²) in [6.07, 6.45) is 3.83. The molecule has 0 amide bonds. The van der Waals surface area contributed by atoms with Gasteiger partial charge in [0.2, 0.25) is 0 Å². The molecule has 2 aromatic heterocycles. The van der Waals surface area contributed by atoms with Crippen molar-refractivity contribution in [1.82, 2.24) is 14.7 Å². The summed E-state index contributed by atoms with van der Waals surface area (Å²) in [4.78, 5) is 16.4. The van der Waals surface area contributed by atoms with Crippen molar-refractivity contribution < 1.29 is 0 Å². The van der Waals surface area contributed by atoms with Gasteiger partial charge in [0.25, 0.3) is 5.56 Å². The Kier molecular flexibility index (Phi) is 4.27. The zero-order chi connectivity index (χ0) is 13.9. The number of nitrogens with zero attached hydrogens (tertiary/aromatic N) is 2. The summed E-state index contributed by atoms with van der Waals surface area (Å²) >= 11 is 1.82. The van der Waals surface area contributed by atoms with Crippen LogP contribution in [0.1, 0.15) is 19.5 Å². The first kappa shape index (κ1) is 14.1. The molecule has 2 rings (SSSR count). The minimum absolute atomic E-state index is 0.0356. The van der Waals surface area contributed by atoms with E-state index in [0.29, 0.717) is 12.2 Å². The average Bonchev–Trinajstić information content (AvgIpc) is 2.39. The summed E-state index contributed by atoms with van der Waals surface area (Å²) in [5, 5.41) is 3.35. The van der Waals surface area contributed by atoms with Crippen molar-refractivity contribution in [2.45, 2.75) is 25.1 Å². The van der Waals surface area contributed by atoms with E-state index in [0.717, 1.165) is 12.2 Å². The largest absolute Gasteiger partial charge is 0.310 e. The van der Waals surface area contributed by atoms with Crippen molar-refractivity contribution in [3.8, 4) is 0 Å². The predicted octanol–water partition coefficient (Wildman–Crippen LogP) is 1.93. The van der Waals surface area contributed by atoms with Gasteiger partial charge in [-0.2, -0.15) is 11.8 Å². The molecule has 0 aliphatic rings. The maximum Gasteiger partial charge on any atom is 0.258 e. The minimum atomic E-state index is -0.0356. The van der Waals surface area contributed by atoms with Gasteiger partial charge < -0.3 is 5.32 Å². The Balaban J connectivity index is 2.12. The van der Waals surface area contributed by atoms with E-state index in [4.69, 9.17) is 0 Å². The first-order chi connectivity index (χ1) is 9.02. The van der Waals surface area contributed by atoms with E-state index in [9.17, 15) is 4.79 Å². The Bertz CT molecular complexity index is 621. The summed E-state index contributed by atoms with van der Waals surface area (Å²) in [6.45, 7) is 5.87. The number of nitrogens with one attached hydrogen (secondary N) is 1. The Labute approximate surface area is 117 Å². The summed E-state index contributed by atoms with van der Waals surface area (Å²) in [5.41, 5.74) is 1.44. The van der Waals surface area contributed by atoms with Gasteiger partial charge in [0.15, 0.2) is 0 Å². The van der Waals surface area contributed by atoms with E-state index in [-0.39, 0.29) is 10.3 Å². The molecule has 0 spiro atoms. The van der Waals surface area contributed by atoms with Gasteiger partial charge in [-0.25, -0.2) is 4.98 Å². The second-order valence-electron chi connectivity index (χ2n) is 5.08. The van der Waals surface area contributed by atoms with Gasteiger partial charge >= 0.3 is 0 Å². The molecule has 0 saturated heterocycles. The van der Waals surface area contributed by atoms with E-state index in [2.05, 4.69) is 30.4 Å². The number of pyridine rings is 1. The van der Waals surface area contributed by atoms with Crippen LogP contribution in [-0.2, 0) is 6.54 Å². The Morgan fingerprint density at radius 1 is 1.42 bits per heavy atom. The van der Waals surface area contributed by atoms with Crippen LogP contribution in [0.5, 0.6) is 0 Å². The highest BCUT2D eigenvalue weighted by molar-refractivity contribution is 7.99. The number of hydrogen-bond acceptors (Lipinski definition) is 4. The molecule has 0 fully saturated rings. The van der Waals surface area contributed by atoms with Crippen LogP contribution in [0.2, 0.25) is 0 Å². The quantitative estimate of drug-likeness (QED) is 0.907. The molecular weight excluding hydrogens is 258 g/mol. The monoisotopic (exact) mass is 277 g/mol. The first-order valence-electron chi connectivity index (χ1n) is 6.25. The van der Waals surface area contributed by atoms with Gasteiger partial charge in [-0.05, 0) is 32.2 Å². The van der Waals surface area contributed by atoms with Crippen LogP contribution >= 0.6 is 11.8 Å². The number of aromatic nitrogens is 2. The standard InChI is InChI=1S/C14H19N3OS/c1-14(2,19-3)10-15-9-11-8-13(18)17-7-5-4-6-12(17)16-11/h4-8,15H,9-10H2,1-3H3. The lowest BCUT2D eigenvalue weighted by Gasteiger charge is -2.22. The average molecular weight is 277 g/mol. The highest BCUT2D eigenvalue weighted by Crippen LogP contribution is 2.19. The van der Waals surface area contributed by atoms with Crippen molar-refractivity contribution >= 4 is 17.4 Å². The third-order valence-corrected chi connectivity index (χ3v) is 4.28. The Morgan fingerprint density at radius 2 is 2.21 bits per heavy atom. The first-order valence-corrected chi connectivity index (χ1v) is 7.47. The van der Waals surface area contributed by atoms with Crippen LogP contribution in [-0.4, -0.2) is 26.9 Å². The normalized spacial score (nSPS) is 11.9.